The van der Waals surface area contributed by atoms with Crippen molar-refractivity contribution < 1.29 is 0 Å². The maximum atomic E-state index is 14.0. The van der Waals surface area contributed by atoms with Crippen LogP contribution >= 0.6 is 23.1 Å². The van der Waals surface area contributed by atoms with Crippen LogP contribution in [0.2, 0.25) is 0 Å². The van der Waals surface area contributed by atoms with Crippen molar-refractivity contribution in [1.82, 2.24) is 19.2 Å². The Labute approximate surface area is 219 Å². The van der Waals surface area contributed by atoms with Crippen LogP contribution in [0.5, 0.6) is 0 Å². The van der Waals surface area contributed by atoms with Crippen molar-refractivity contribution in [3.8, 4) is 0 Å². The van der Waals surface area contributed by atoms with Crippen LogP contribution in [0.1, 0.15) is 48.8 Å². The van der Waals surface area contributed by atoms with E-state index in [0.29, 0.717) is 18.2 Å². The van der Waals surface area contributed by atoms with Crippen molar-refractivity contribution >= 4 is 39.1 Å². The monoisotopic (exact) mass is 514 g/mol. The zero-order valence-corrected chi connectivity index (χ0v) is 22.5. The quantitative estimate of drug-likeness (QED) is 0.248. The molecular formula is C29H30N4OS2. The number of aryl methyl sites for hydroxylation is 1. The van der Waals surface area contributed by atoms with Crippen LogP contribution in [0.4, 0.5) is 0 Å². The largest absolute Gasteiger partial charge is 0.272 e. The molecule has 1 aliphatic rings. The summed E-state index contributed by atoms with van der Waals surface area (Å²) >= 11 is 3.45. The van der Waals surface area contributed by atoms with Gasteiger partial charge in [0.1, 0.15) is 4.83 Å². The van der Waals surface area contributed by atoms with Crippen molar-refractivity contribution in [2.75, 3.05) is 0 Å². The summed E-state index contributed by atoms with van der Waals surface area (Å²) in [4.78, 5) is 16.4. The first kappa shape index (κ1) is 23.5. The minimum absolute atomic E-state index is 0.0556. The summed E-state index contributed by atoms with van der Waals surface area (Å²) < 4.78 is 3.96. The molecule has 5 aromatic rings. The second kappa shape index (κ2) is 9.20. The summed E-state index contributed by atoms with van der Waals surface area (Å²) in [7, 11) is 0. The number of nitrogens with zero attached hydrogens (tertiary/aromatic N) is 4. The Morgan fingerprint density at radius 2 is 1.69 bits per heavy atom. The van der Waals surface area contributed by atoms with Gasteiger partial charge in [0.05, 0.1) is 11.9 Å². The molecule has 3 aromatic heterocycles. The van der Waals surface area contributed by atoms with E-state index in [1.54, 1.807) is 23.1 Å². The Morgan fingerprint density at radius 1 is 1.00 bits per heavy atom. The Kier molecular flexibility index (Phi) is 6.00. The van der Waals surface area contributed by atoms with Gasteiger partial charge in [0.25, 0.3) is 5.56 Å². The second-order valence-electron chi connectivity index (χ2n) is 10.8. The first-order valence-corrected chi connectivity index (χ1v) is 14.3. The molecule has 6 rings (SSSR count). The van der Waals surface area contributed by atoms with Crippen LogP contribution in [-0.2, 0) is 25.1 Å². The van der Waals surface area contributed by atoms with E-state index in [9.17, 15) is 4.79 Å². The summed E-state index contributed by atoms with van der Waals surface area (Å²) in [5.74, 6) is 2.05. The Hall–Kier alpha value is -2.90. The van der Waals surface area contributed by atoms with Gasteiger partial charge in [0.15, 0.2) is 5.16 Å². The van der Waals surface area contributed by atoms with Gasteiger partial charge >= 0.3 is 0 Å². The lowest BCUT2D eigenvalue weighted by Crippen LogP contribution is -2.27. The lowest BCUT2D eigenvalue weighted by molar-refractivity contribution is 0.218. The number of hydrogen-bond donors (Lipinski definition) is 0. The molecule has 0 unspecified atom stereocenters. The first-order chi connectivity index (χ1) is 17.4. The predicted molar refractivity (Wildman–Crippen MR) is 149 cm³/mol. The number of benzene rings is 2. The molecule has 0 radical (unpaired) electrons. The molecule has 184 valence electrons. The van der Waals surface area contributed by atoms with E-state index in [-0.39, 0.29) is 11.0 Å². The Bertz CT molecular complexity index is 1590. The molecule has 0 aliphatic heterocycles. The van der Waals surface area contributed by atoms with Gasteiger partial charge in [-0.1, -0.05) is 93.2 Å². The highest BCUT2D eigenvalue weighted by molar-refractivity contribution is 7.98. The molecule has 0 fully saturated rings. The third kappa shape index (κ3) is 4.18. The van der Waals surface area contributed by atoms with E-state index < -0.39 is 0 Å². The summed E-state index contributed by atoms with van der Waals surface area (Å²) in [6, 6.07) is 20.6. The molecular weight excluding hydrogens is 484 g/mol. The average Bonchev–Trinajstić information content (AvgIpc) is 3.47. The van der Waals surface area contributed by atoms with Crippen molar-refractivity contribution in [1.29, 1.82) is 0 Å². The highest BCUT2D eigenvalue weighted by Gasteiger charge is 2.33. The molecule has 1 aliphatic carbocycles. The minimum atomic E-state index is 0.0556. The summed E-state index contributed by atoms with van der Waals surface area (Å²) in [5, 5.41) is 10.9. The summed E-state index contributed by atoms with van der Waals surface area (Å²) in [6.07, 6.45) is 3.11. The van der Waals surface area contributed by atoms with Crippen LogP contribution in [-0.4, -0.2) is 19.2 Å². The van der Waals surface area contributed by atoms with Gasteiger partial charge in [0.2, 0.25) is 5.78 Å². The van der Waals surface area contributed by atoms with Gasteiger partial charge in [-0.15, -0.1) is 21.5 Å². The fraction of sp³-hybridized carbons (Fsp3) is 0.345. The zero-order valence-electron chi connectivity index (χ0n) is 20.9. The van der Waals surface area contributed by atoms with E-state index in [0.717, 1.165) is 46.0 Å². The van der Waals surface area contributed by atoms with E-state index in [2.05, 4.69) is 71.8 Å². The second-order valence-corrected chi connectivity index (χ2v) is 12.8. The topological polar surface area (TPSA) is 52.2 Å². The standard InChI is InChI=1S/C29H30N4OS2/c1-29(2,3)21-14-15-22-23(16-21)36-26-24(22)25(34)32(17-19-10-6-4-7-11-19)27-30-31-28(33(26)27)35-18-20-12-8-5-9-13-20/h4-13,21H,14-18H2,1-3H3/t21-/m1/s1. The van der Waals surface area contributed by atoms with Crippen LogP contribution in [0.15, 0.2) is 70.6 Å². The molecule has 0 bridgehead atoms. The van der Waals surface area contributed by atoms with E-state index in [4.69, 9.17) is 0 Å². The van der Waals surface area contributed by atoms with Crippen LogP contribution in [0.3, 0.4) is 0 Å². The molecule has 0 amide bonds. The average molecular weight is 515 g/mol. The molecule has 3 heterocycles. The lowest BCUT2D eigenvalue weighted by Gasteiger charge is -2.33. The number of thioether (sulfide) groups is 1. The Balaban J connectivity index is 1.53. The maximum absolute atomic E-state index is 14.0. The molecule has 0 spiro atoms. The molecule has 0 saturated carbocycles. The molecule has 36 heavy (non-hydrogen) atoms. The van der Waals surface area contributed by atoms with Gasteiger partial charge in [-0.3, -0.25) is 9.36 Å². The van der Waals surface area contributed by atoms with Crippen LogP contribution in [0, 0.1) is 11.3 Å². The molecule has 0 N–H and O–H groups in total. The van der Waals surface area contributed by atoms with Crippen LogP contribution < -0.4 is 5.56 Å². The first-order valence-electron chi connectivity index (χ1n) is 12.5. The van der Waals surface area contributed by atoms with E-state index in [1.165, 1.54) is 16.0 Å². The number of hydrogen-bond acceptors (Lipinski definition) is 5. The fourth-order valence-corrected chi connectivity index (χ4v) is 7.62. The number of rotatable bonds is 5. The lowest BCUT2D eigenvalue weighted by atomic mass is 9.72. The zero-order chi connectivity index (χ0) is 24.9. The van der Waals surface area contributed by atoms with Gasteiger partial charge < -0.3 is 0 Å². The van der Waals surface area contributed by atoms with Crippen LogP contribution in [0.25, 0.3) is 16.0 Å². The normalized spacial score (nSPS) is 16.0. The van der Waals surface area contributed by atoms with E-state index >= 15 is 0 Å². The smallest absolute Gasteiger partial charge is 0.264 e. The molecule has 1 atom stereocenters. The van der Waals surface area contributed by atoms with Crippen molar-refractivity contribution in [3.63, 3.8) is 0 Å². The van der Waals surface area contributed by atoms with Gasteiger partial charge in [-0.05, 0) is 47.3 Å². The third-order valence-corrected chi connectivity index (χ3v) is 9.63. The number of fused-ring (bicyclic) bond motifs is 5. The van der Waals surface area contributed by atoms with Gasteiger partial charge in [0, 0.05) is 10.6 Å². The SMILES string of the molecule is CC(C)(C)[C@@H]1CCc2c(sc3c2c(=O)n(Cc2ccccc2)c2nnc(SCc4ccccc4)n32)C1. The molecule has 5 nitrogen and oxygen atoms in total. The minimum Gasteiger partial charge on any atom is -0.272 e. The van der Waals surface area contributed by atoms with Crippen molar-refractivity contribution in [3.05, 3.63) is 92.6 Å². The number of thiophene rings is 1. The predicted octanol–water partition coefficient (Wildman–Crippen LogP) is 6.60. The van der Waals surface area contributed by atoms with Crippen molar-refractivity contribution in [2.24, 2.45) is 11.3 Å². The van der Waals surface area contributed by atoms with E-state index in [1.807, 2.05) is 28.8 Å². The summed E-state index contributed by atoms with van der Waals surface area (Å²) in [6.45, 7) is 7.48. The highest BCUT2D eigenvalue weighted by Crippen LogP contribution is 2.43. The number of aromatic nitrogens is 4. The third-order valence-electron chi connectivity index (χ3n) is 7.39. The highest BCUT2D eigenvalue weighted by atomic mass is 32.2. The molecule has 0 saturated heterocycles. The summed E-state index contributed by atoms with van der Waals surface area (Å²) in [5.41, 5.74) is 3.88. The fourth-order valence-electron chi connectivity index (χ4n) is 5.25. The molecule has 7 heteroatoms. The van der Waals surface area contributed by atoms with Crippen molar-refractivity contribution in [2.45, 2.75) is 57.5 Å². The molecule has 2 aromatic carbocycles. The van der Waals surface area contributed by atoms with Gasteiger partial charge in [-0.25, -0.2) is 4.40 Å². The van der Waals surface area contributed by atoms with Gasteiger partial charge in [-0.2, -0.15) is 0 Å². The Morgan fingerprint density at radius 3 is 2.39 bits per heavy atom. The maximum Gasteiger partial charge on any atom is 0.264 e.